The van der Waals surface area contributed by atoms with Gasteiger partial charge in [0.15, 0.2) is 0 Å². The van der Waals surface area contributed by atoms with E-state index in [1.54, 1.807) is 0 Å². The normalized spacial score (nSPS) is 17.3. The van der Waals surface area contributed by atoms with Gasteiger partial charge in [-0.3, -0.25) is 4.98 Å². The third-order valence-corrected chi connectivity index (χ3v) is 3.93. The summed E-state index contributed by atoms with van der Waals surface area (Å²) < 4.78 is 11.8. The smallest absolute Gasteiger partial charge is 0.142 e. The van der Waals surface area contributed by atoms with Crippen molar-refractivity contribution in [2.24, 2.45) is 0 Å². The lowest BCUT2D eigenvalue weighted by Crippen LogP contribution is -2.22. The van der Waals surface area contributed by atoms with Crippen molar-refractivity contribution in [1.29, 1.82) is 0 Å². The lowest BCUT2D eigenvalue weighted by Gasteiger charge is -2.26. The van der Waals surface area contributed by atoms with Crippen LogP contribution in [-0.2, 0) is 17.0 Å². The molecule has 1 aliphatic heterocycles. The van der Waals surface area contributed by atoms with Gasteiger partial charge in [0.2, 0.25) is 0 Å². The van der Waals surface area contributed by atoms with Crippen LogP contribution < -0.4 is 4.74 Å². The van der Waals surface area contributed by atoms with Crippen molar-refractivity contribution in [3.8, 4) is 5.75 Å². The number of fused-ring (bicyclic) bond motifs is 1. The fraction of sp³-hybridized carbons (Fsp3) is 0.353. The molecule has 1 unspecified atom stereocenters. The summed E-state index contributed by atoms with van der Waals surface area (Å²) in [4.78, 5) is 4.40. The second-order valence-electron chi connectivity index (χ2n) is 5.15. The summed E-state index contributed by atoms with van der Waals surface area (Å²) >= 11 is 5.93. The fourth-order valence-electron chi connectivity index (χ4n) is 2.61. The van der Waals surface area contributed by atoms with Gasteiger partial charge in [-0.05, 0) is 36.6 Å². The molecule has 3 rings (SSSR count). The van der Waals surface area contributed by atoms with Gasteiger partial charge in [0.1, 0.15) is 18.5 Å². The molecular formula is C17H18ClNO2. The van der Waals surface area contributed by atoms with E-state index in [0.29, 0.717) is 12.5 Å². The first-order chi connectivity index (χ1) is 10.3. The topological polar surface area (TPSA) is 31.4 Å². The number of hydrogen-bond acceptors (Lipinski definition) is 3. The van der Waals surface area contributed by atoms with Gasteiger partial charge in [0, 0.05) is 5.69 Å². The van der Waals surface area contributed by atoms with E-state index >= 15 is 0 Å². The number of ether oxygens (including phenoxy) is 2. The number of aryl methyl sites for hydroxylation is 1. The third kappa shape index (κ3) is 3.20. The van der Waals surface area contributed by atoms with Crippen molar-refractivity contribution in [2.75, 3.05) is 13.2 Å². The Morgan fingerprint density at radius 3 is 3.00 bits per heavy atom. The Morgan fingerprint density at radius 2 is 2.14 bits per heavy atom. The van der Waals surface area contributed by atoms with Gasteiger partial charge in [0.25, 0.3) is 0 Å². The highest BCUT2D eigenvalue weighted by Crippen LogP contribution is 2.28. The zero-order chi connectivity index (χ0) is 14.7. The standard InChI is InChI=1S/C17H18ClNO2/c1-12-6-7-16(15(10-18)19-12)21-11-17-14-5-3-2-4-13(14)8-9-20-17/h2-7,17H,8-11H2,1H3. The molecule has 2 heterocycles. The van der Waals surface area contributed by atoms with E-state index in [1.165, 1.54) is 11.1 Å². The molecule has 1 aliphatic rings. The Kier molecular flexibility index (Phi) is 4.42. The Balaban J connectivity index is 1.74. The van der Waals surface area contributed by atoms with Crippen molar-refractivity contribution in [2.45, 2.75) is 25.3 Å². The van der Waals surface area contributed by atoms with E-state index in [1.807, 2.05) is 25.1 Å². The van der Waals surface area contributed by atoms with Crippen LogP contribution in [0, 0.1) is 6.92 Å². The molecule has 1 aromatic carbocycles. The predicted molar refractivity (Wildman–Crippen MR) is 82.9 cm³/mol. The van der Waals surface area contributed by atoms with E-state index in [0.717, 1.165) is 30.2 Å². The maximum Gasteiger partial charge on any atom is 0.142 e. The number of rotatable bonds is 4. The first-order valence-corrected chi connectivity index (χ1v) is 7.66. The Bertz CT molecular complexity index is 630. The van der Waals surface area contributed by atoms with Crippen LogP contribution in [0.5, 0.6) is 5.75 Å². The molecule has 0 saturated heterocycles. The molecule has 0 fully saturated rings. The number of benzene rings is 1. The van der Waals surface area contributed by atoms with Crippen LogP contribution in [0.2, 0.25) is 0 Å². The summed E-state index contributed by atoms with van der Waals surface area (Å²) in [6, 6.07) is 12.2. The van der Waals surface area contributed by atoms with Crippen molar-refractivity contribution in [3.05, 3.63) is 58.9 Å². The second-order valence-corrected chi connectivity index (χ2v) is 5.42. The van der Waals surface area contributed by atoms with Gasteiger partial charge >= 0.3 is 0 Å². The molecule has 110 valence electrons. The van der Waals surface area contributed by atoms with Gasteiger partial charge < -0.3 is 9.47 Å². The fourth-order valence-corrected chi connectivity index (χ4v) is 2.80. The van der Waals surface area contributed by atoms with Gasteiger partial charge in [-0.25, -0.2) is 0 Å². The van der Waals surface area contributed by atoms with Gasteiger partial charge in [-0.2, -0.15) is 0 Å². The SMILES string of the molecule is Cc1ccc(OCC2OCCc3ccccc32)c(CCl)n1. The summed E-state index contributed by atoms with van der Waals surface area (Å²) in [5, 5.41) is 0. The van der Waals surface area contributed by atoms with Crippen LogP contribution in [0.4, 0.5) is 0 Å². The number of nitrogens with zero attached hydrogens (tertiary/aromatic N) is 1. The van der Waals surface area contributed by atoms with E-state index in [-0.39, 0.29) is 6.10 Å². The molecule has 0 radical (unpaired) electrons. The van der Waals surface area contributed by atoms with Crippen LogP contribution in [0.25, 0.3) is 0 Å². The van der Waals surface area contributed by atoms with E-state index in [9.17, 15) is 0 Å². The Hall–Kier alpha value is -1.58. The highest BCUT2D eigenvalue weighted by Gasteiger charge is 2.21. The summed E-state index contributed by atoms with van der Waals surface area (Å²) in [6.07, 6.45) is 0.936. The molecule has 2 aromatic rings. The molecule has 0 amide bonds. The molecule has 0 aliphatic carbocycles. The molecule has 0 N–H and O–H groups in total. The predicted octanol–water partition coefficient (Wildman–Crippen LogP) is 3.82. The number of aromatic nitrogens is 1. The minimum Gasteiger partial charge on any atom is -0.489 e. The minimum absolute atomic E-state index is 0.0283. The van der Waals surface area contributed by atoms with Crippen molar-refractivity contribution in [3.63, 3.8) is 0 Å². The minimum atomic E-state index is -0.0283. The van der Waals surface area contributed by atoms with E-state index in [2.05, 4.69) is 23.2 Å². The molecule has 3 nitrogen and oxygen atoms in total. The quantitative estimate of drug-likeness (QED) is 0.805. The largest absolute Gasteiger partial charge is 0.489 e. The molecule has 1 atom stereocenters. The first kappa shape index (κ1) is 14.4. The number of pyridine rings is 1. The molecule has 0 spiro atoms. The molecule has 4 heteroatoms. The van der Waals surface area contributed by atoms with Crippen LogP contribution in [-0.4, -0.2) is 18.2 Å². The third-order valence-electron chi connectivity index (χ3n) is 3.68. The molecule has 0 saturated carbocycles. The van der Waals surface area contributed by atoms with Gasteiger partial charge in [0.05, 0.1) is 18.2 Å². The first-order valence-electron chi connectivity index (χ1n) is 7.12. The molecular weight excluding hydrogens is 286 g/mol. The van der Waals surface area contributed by atoms with Crippen molar-refractivity contribution >= 4 is 11.6 Å². The summed E-state index contributed by atoms with van der Waals surface area (Å²) in [6.45, 7) is 3.16. The lowest BCUT2D eigenvalue weighted by molar-refractivity contribution is 0.00993. The van der Waals surface area contributed by atoms with Crippen LogP contribution in [0.15, 0.2) is 36.4 Å². The maximum atomic E-state index is 5.93. The number of halogens is 1. The molecule has 0 bridgehead atoms. The average Bonchev–Trinajstić information content (AvgIpc) is 2.53. The molecule has 21 heavy (non-hydrogen) atoms. The number of alkyl halides is 1. The highest BCUT2D eigenvalue weighted by atomic mass is 35.5. The Morgan fingerprint density at radius 1 is 1.29 bits per heavy atom. The van der Waals surface area contributed by atoms with Crippen LogP contribution in [0.3, 0.4) is 0 Å². The molecule has 1 aromatic heterocycles. The van der Waals surface area contributed by atoms with Crippen molar-refractivity contribution in [1.82, 2.24) is 4.98 Å². The highest BCUT2D eigenvalue weighted by molar-refractivity contribution is 6.17. The zero-order valence-electron chi connectivity index (χ0n) is 12.0. The summed E-state index contributed by atoms with van der Waals surface area (Å²) in [5.41, 5.74) is 4.28. The zero-order valence-corrected chi connectivity index (χ0v) is 12.8. The monoisotopic (exact) mass is 303 g/mol. The Labute approximate surface area is 129 Å². The van der Waals surface area contributed by atoms with Crippen molar-refractivity contribution < 1.29 is 9.47 Å². The van der Waals surface area contributed by atoms with E-state index in [4.69, 9.17) is 21.1 Å². The van der Waals surface area contributed by atoms with Gasteiger partial charge in [-0.1, -0.05) is 24.3 Å². The van der Waals surface area contributed by atoms with Crippen LogP contribution in [0.1, 0.15) is 28.6 Å². The van der Waals surface area contributed by atoms with Gasteiger partial charge in [-0.15, -0.1) is 11.6 Å². The van der Waals surface area contributed by atoms with E-state index < -0.39 is 0 Å². The lowest BCUT2D eigenvalue weighted by atomic mass is 9.98. The number of hydrogen-bond donors (Lipinski definition) is 0. The second kappa shape index (κ2) is 6.46. The summed E-state index contributed by atoms with van der Waals surface area (Å²) in [5.74, 6) is 1.08. The summed E-state index contributed by atoms with van der Waals surface area (Å²) in [7, 11) is 0. The van der Waals surface area contributed by atoms with Crippen LogP contribution >= 0.6 is 11.6 Å². The maximum absolute atomic E-state index is 5.93. The average molecular weight is 304 g/mol.